The molecule has 0 spiro atoms. The summed E-state index contributed by atoms with van der Waals surface area (Å²) >= 11 is 7.32. The molecular formula is C12H12ClNO3S. The van der Waals surface area contributed by atoms with Gasteiger partial charge in [0.1, 0.15) is 0 Å². The molecule has 1 aromatic rings. The number of nitrogens with zero attached hydrogens (tertiary/aromatic N) is 1. The van der Waals surface area contributed by atoms with E-state index in [-0.39, 0.29) is 27.3 Å². The van der Waals surface area contributed by atoms with Crippen molar-refractivity contribution in [1.82, 2.24) is 0 Å². The van der Waals surface area contributed by atoms with Crippen molar-refractivity contribution in [3.8, 4) is 0 Å². The molecular weight excluding hydrogens is 274 g/mol. The first-order chi connectivity index (χ1) is 8.59. The fraction of sp³-hybridized carbons (Fsp3) is 0.417. The van der Waals surface area contributed by atoms with E-state index in [1.807, 2.05) is 0 Å². The van der Waals surface area contributed by atoms with Crippen molar-refractivity contribution in [2.45, 2.75) is 24.5 Å². The number of thioether (sulfide) groups is 1. The van der Waals surface area contributed by atoms with Crippen LogP contribution in [0.3, 0.4) is 0 Å². The summed E-state index contributed by atoms with van der Waals surface area (Å²) in [6.07, 6.45) is 2.91. The van der Waals surface area contributed by atoms with E-state index < -0.39 is 4.92 Å². The molecule has 0 N–H and O–H groups in total. The van der Waals surface area contributed by atoms with E-state index in [0.717, 1.165) is 25.0 Å². The van der Waals surface area contributed by atoms with E-state index in [2.05, 4.69) is 0 Å². The van der Waals surface area contributed by atoms with Crippen molar-refractivity contribution in [3.05, 3.63) is 38.9 Å². The van der Waals surface area contributed by atoms with Crippen molar-refractivity contribution in [2.24, 2.45) is 0 Å². The Kier molecular flexibility index (Phi) is 4.24. The number of carbonyl (C=O) groups excluding carboxylic acids is 1. The number of ketones is 1. The topological polar surface area (TPSA) is 60.2 Å². The van der Waals surface area contributed by atoms with Gasteiger partial charge in [0.15, 0.2) is 5.78 Å². The molecule has 1 unspecified atom stereocenters. The van der Waals surface area contributed by atoms with Gasteiger partial charge in [0.2, 0.25) is 0 Å². The first-order valence-corrected chi connectivity index (χ1v) is 7.12. The minimum atomic E-state index is -0.549. The van der Waals surface area contributed by atoms with Gasteiger partial charge in [-0.2, -0.15) is 11.8 Å². The highest BCUT2D eigenvalue weighted by Gasteiger charge is 2.28. The Balaban J connectivity index is 2.31. The lowest BCUT2D eigenvalue weighted by Crippen LogP contribution is -2.21. The Morgan fingerprint density at radius 2 is 2.22 bits per heavy atom. The standard InChI is InChI=1S/C12H12ClNO3S/c13-8-4-5-9(10(7-8)14(16)17)12(15)11-3-1-2-6-18-11/h4-5,7,11H,1-3,6H2. The lowest BCUT2D eigenvalue weighted by Gasteiger charge is -2.19. The third-order valence-corrected chi connectivity index (χ3v) is 4.51. The molecule has 0 aliphatic carbocycles. The number of benzene rings is 1. The molecule has 1 aliphatic heterocycles. The highest BCUT2D eigenvalue weighted by Crippen LogP contribution is 2.31. The fourth-order valence-electron chi connectivity index (χ4n) is 1.99. The maximum atomic E-state index is 12.3. The van der Waals surface area contributed by atoms with E-state index in [4.69, 9.17) is 11.6 Å². The number of nitro benzene ring substituents is 1. The van der Waals surface area contributed by atoms with E-state index in [9.17, 15) is 14.9 Å². The second-order valence-corrected chi connectivity index (χ2v) is 5.89. The first kappa shape index (κ1) is 13.4. The van der Waals surface area contributed by atoms with Crippen molar-refractivity contribution < 1.29 is 9.72 Å². The molecule has 4 nitrogen and oxygen atoms in total. The molecule has 0 amide bonds. The Morgan fingerprint density at radius 3 is 2.83 bits per heavy atom. The monoisotopic (exact) mass is 285 g/mol. The minimum absolute atomic E-state index is 0.150. The predicted molar refractivity (Wildman–Crippen MR) is 72.5 cm³/mol. The Bertz CT molecular complexity index is 486. The van der Waals surface area contributed by atoms with Gasteiger partial charge in [-0.05, 0) is 30.7 Å². The average Bonchev–Trinajstić information content (AvgIpc) is 2.39. The first-order valence-electron chi connectivity index (χ1n) is 5.69. The van der Waals surface area contributed by atoms with Crippen LogP contribution in [0.25, 0.3) is 0 Å². The van der Waals surface area contributed by atoms with Gasteiger partial charge in [0, 0.05) is 11.1 Å². The number of rotatable bonds is 3. The second kappa shape index (κ2) is 5.71. The van der Waals surface area contributed by atoms with Crippen LogP contribution in [0.4, 0.5) is 5.69 Å². The van der Waals surface area contributed by atoms with Gasteiger partial charge in [-0.25, -0.2) is 0 Å². The zero-order chi connectivity index (χ0) is 13.1. The molecule has 96 valence electrons. The van der Waals surface area contributed by atoms with E-state index in [0.29, 0.717) is 0 Å². The quantitative estimate of drug-likeness (QED) is 0.482. The summed E-state index contributed by atoms with van der Waals surface area (Å²) in [4.78, 5) is 22.7. The molecule has 18 heavy (non-hydrogen) atoms. The second-order valence-electron chi connectivity index (χ2n) is 4.14. The van der Waals surface area contributed by atoms with E-state index in [1.54, 1.807) is 11.8 Å². The van der Waals surface area contributed by atoms with Crippen LogP contribution in [0.15, 0.2) is 18.2 Å². The molecule has 0 aromatic heterocycles. The number of hydrogen-bond donors (Lipinski definition) is 0. The summed E-state index contributed by atoms with van der Waals surface area (Å²) in [5.74, 6) is 0.792. The number of Topliss-reactive ketones (excluding diaryl/α,β-unsaturated/α-hetero) is 1. The average molecular weight is 286 g/mol. The van der Waals surface area contributed by atoms with Crippen LogP contribution in [-0.2, 0) is 0 Å². The summed E-state index contributed by atoms with van der Waals surface area (Å²) in [5, 5.41) is 11.1. The van der Waals surface area contributed by atoms with Gasteiger partial charge in [0.25, 0.3) is 5.69 Å². The number of carbonyl (C=O) groups is 1. The SMILES string of the molecule is O=C(c1ccc(Cl)cc1[N+](=O)[O-])C1CCCCS1. The van der Waals surface area contributed by atoms with E-state index in [1.165, 1.54) is 18.2 Å². The molecule has 1 atom stereocenters. The van der Waals surface area contributed by atoms with Gasteiger partial charge >= 0.3 is 0 Å². The lowest BCUT2D eigenvalue weighted by atomic mass is 10.0. The number of halogens is 1. The van der Waals surface area contributed by atoms with Crippen LogP contribution in [-0.4, -0.2) is 21.7 Å². The maximum absolute atomic E-state index is 12.3. The summed E-state index contributed by atoms with van der Waals surface area (Å²) in [6, 6.07) is 4.22. The summed E-state index contributed by atoms with van der Waals surface area (Å²) in [7, 11) is 0. The van der Waals surface area contributed by atoms with Crippen molar-refractivity contribution in [3.63, 3.8) is 0 Å². The molecule has 0 saturated carbocycles. The smallest absolute Gasteiger partial charge is 0.281 e. The minimum Gasteiger partial charge on any atom is -0.293 e. The molecule has 1 saturated heterocycles. The molecule has 1 heterocycles. The highest BCUT2D eigenvalue weighted by molar-refractivity contribution is 8.00. The van der Waals surface area contributed by atoms with Crippen LogP contribution in [0, 0.1) is 10.1 Å². The van der Waals surface area contributed by atoms with Gasteiger partial charge in [-0.1, -0.05) is 18.0 Å². The number of hydrogen-bond acceptors (Lipinski definition) is 4. The fourth-order valence-corrected chi connectivity index (χ4v) is 3.42. The molecule has 6 heteroatoms. The van der Waals surface area contributed by atoms with Crippen LogP contribution in [0.2, 0.25) is 5.02 Å². The van der Waals surface area contributed by atoms with Crippen LogP contribution >= 0.6 is 23.4 Å². The highest BCUT2D eigenvalue weighted by atomic mass is 35.5. The van der Waals surface area contributed by atoms with Gasteiger partial charge in [-0.15, -0.1) is 0 Å². The molecule has 1 aliphatic rings. The van der Waals surface area contributed by atoms with Gasteiger partial charge < -0.3 is 0 Å². The zero-order valence-corrected chi connectivity index (χ0v) is 11.2. The van der Waals surface area contributed by atoms with Crippen molar-refractivity contribution in [2.75, 3.05) is 5.75 Å². The number of nitro groups is 1. The Hall–Kier alpha value is -1.07. The molecule has 0 radical (unpaired) electrons. The zero-order valence-electron chi connectivity index (χ0n) is 9.60. The molecule has 1 fully saturated rings. The normalized spacial score (nSPS) is 19.5. The maximum Gasteiger partial charge on any atom is 0.281 e. The molecule has 1 aromatic carbocycles. The van der Waals surface area contributed by atoms with Gasteiger partial charge in [0.05, 0.1) is 15.7 Å². The lowest BCUT2D eigenvalue weighted by molar-refractivity contribution is -0.385. The summed E-state index contributed by atoms with van der Waals surface area (Å²) in [5.41, 5.74) is -0.0255. The van der Waals surface area contributed by atoms with Crippen LogP contribution in [0.5, 0.6) is 0 Å². The predicted octanol–water partition coefficient (Wildman–Crippen LogP) is 3.72. The van der Waals surface area contributed by atoms with E-state index >= 15 is 0 Å². The Morgan fingerprint density at radius 1 is 1.44 bits per heavy atom. The van der Waals surface area contributed by atoms with Gasteiger partial charge in [-0.3, -0.25) is 14.9 Å². The van der Waals surface area contributed by atoms with Crippen molar-refractivity contribution >= 4 is 34.8 Å². The third kappa shape index (κ3) is 2.84. The summed E-state index contributed by atoms with van der Waals surface area (Å²) in [6.45, 7) is 0. The third-order valence-electron chi connectivity index (χ3n) is 2.89. The largest absolute Gasteiger partial charge is 0.293 e. The van der Waals surface area contributed by atoms with Crippen LogP contribution < -0.4 is 0 Å². The van der Waals surface area contributed by atoms with Crippen molar-refractivity contribution in [1.29, 1.82) is 0 Å². The van der Waals surface area contributed by atoms with Crippen LogP contribution in [0.1, 0.15) is 29.6 Å². The Labute approximate surface area is 114 Å². The molecule has 2 rings (SSSR count). The molecule has 0 bridgehead atoms. The summed E-state index contributed by atoms with van der Waals surface area (Å²) < 4.78 is 0.